The number of alkyl halides is 4. The number of ether oxygens (including phenoxy) is 1. The monoisotopic (exact) mass is 458 g/mol. The Labute approximate surface area is 168 Å². The molecule has 1 atom stereocenters. The highest BCUT2D eigenvalue weighted by Crippen LogP contribution is 2.38. The third-order valence-corrected chi connectivity index (χ3v) is 6.45. The highest BCUT2D eigenvalue weighted by atomic mass is 35.5. The fourth-order valence-electron chi connectivity index (χ4n) is 3.26. The van der Waals surface area contributed by atoms with Gasteiger partial charge in [0.25, 0.3) is 10.0 Å². The van der Waals surface area contributed by atoms with E-state index in [0.29, 0.717) is 17.3 Å². The lowest BCUT2D eigenvalue weighted by Crippen LogP contribution is -2.30. The Bertz CT molecular complexity index is 1020. The predicted molar refractivity (Wildman–Crippen MR) is 95.8 cm³/mol. The Morgan fingerprint density at radius 1 is 1.34 bits per heavy atom. The molecule has 1 aliphatic rings. The Morgan fingerprint density at radius 2 is 2.03 bits per heavy atom. The van der Waals surface area contributed by atoms with Gasteiger partial charge in [0.1, 0.15) is 10.6 Å². The second kappa shape index (κ2) is 7.67. The molecule has 0 amide bonds. The normalized spacial score (nSPS) is 17.3. The summed E-state index contributed by atoms with van der Waals surface area (Å²) in [5.74, 6) is -5.64. The van der Waals surface area contributed by atoms with Crippen molar-refractivity contribution in [2.24, 2.45) is 5.92 Å². The van der Waals surface area contributed by atoms with Gasteiger partial charge in [-0.05, 0) is 37.8 Å². The minimum absolute atomic E-state index is 0.0196. The van der Waals surface area contributed by atoms with Crippen LogP contribution >= 0.6 is 11.6 Å². The summed E-state index contributed by atoms with van der Waals surface area (Å²) in [6.45, 7) is -2.42. The zero-order chi connectivity index (χ0) is 21.6. The molecule has 1 heterocycles. The number of benzene rings is 1. The number of aromatic nitrogens is 1. The molecule has 0 spiro atoms. The summed E-state index contributed by atoms with van der Waals surface area (Å²) in [4.78, 5) is 2.50. The summed E-state index contributed by atoms with van der Waals surface area (Å²) in [7, 11) is -4.30. The minimum Gasteiger partial charge on any atom is -0.433 e. The standard InChI is InChI=1S/C17H16ClF5N2O3S/c1-17(22,23)8-2-3-9-12(4-8)24-7-15(9)29(26,27)25-13-5-10(18)14(6-11(13)19)28-16(20)21/h5-8,16,24-25H,2-4H2,1H3. The summed E-state index contributed by atoms with van der Waals surface area (Å²) >= 11 is 5.74. The molecule has 1 aromatic carbocycles. The molecule has 160 valence electrons. The minimum atomic E-state index is -4.30. The van der Waals surface area contributed by atoms with Crippen molar-refractivity contribution in [3.8, 4) is 5.75 Å². The fraction of sp³-hybridized carbons (Fsp3) is 0.412. The summed E-state index contributed by atoms with van der Waals surface area (Å²) in [6, 6.07) is 1.34. The van der Waals surface area contributed by atoms with Crippen LogP contribution in [0.1, 0.15) is 24.6 Å². The summed E-state index contributed by atoms with van der Waals surface area (Å²) in [5, 5.41) is -0.423. The molecule has 0 saturated carbocycles. The van der Waals surface area contributed by atoms with E-state index in [2.05, 4.69) is 9.72 Å². The van der Waals surface area contributed by atoms with Gasteiger partial charge in [-0.2, -0.15) is 8.78 Å². The van der Waals surface area contributed by atoms with Crippen LogP contribution in [-0.4, -0.2) is 25.9 Å². The number of fused-ring (bicyclic) bond motifs is 1. The molecule has 0 saturated heterocycles. The Kier molecular flexibility index (Phi) is 5.74. The molecule has 3 rings (SSSR count). The highest BCUT2D eigenvalue weighted by molar-refractivity contribution is 7.92. The molecular formula is C17H16ClF5N2O3S. The van der Waals surface area contributed by atoms with Crippen LogP contribution < -0.4 is 9.46 Å². The topological polar surface area (TPSA) is 71.2 Å². The molecule has 12 heteroatoms. The number of nitrogens with one attached hydrogen (secondary N) is 2. The van der Waals surface area contributed by atoms with Crippen LogP contribution in [0.5, 0.6) is 5.75 Å². The van der Waals surface area contributed by atoms with Gasteiger partial charge < -0.3 is 9.72 Å². The molecule has 2 N–H and O–H groups in total. The maximum absolute atomic E-state index is 14.2. The third-order valence-electron chi connectivity index (χ3n) is 4.72. The maximum atomic E-state index is 14.2. The summed E-state index contributed by atoms with van der Waals surface area (Å²) < 4.78 is 97.3. The van der Waals surface area contributed by atoms with E-state index < -0.39 is 50.8 Å². The van der Waals surface area contributed by atoms with Gasteiger partial charge in [0.15, 0.2) is 5.82 Å². The molecule has 29 heavy (non-hydrogen) atoms. The number of rotatable bonds is 6. The van der Waals surface area contributed by atoms with Crippen molar-refractivity contribution in [2.45, 2.75) is 43.6 Å². The van der Waals surface area contributed by atoms with E-state index in [9.17, 15) is 30.4 Å². The number of H-pyrrole nitrogens is 1. The number of anilines is 1. The van der Waals surface area contributed by atoms with Gasteiger partial charge in [-0.25, -0.2) is 21.6 Å². The number of halogens is 6. The van der Waals surface area contributed by atoms with E-state index in [1.54, 1.807) is 0 Å². The van der Waals surface area contributed by atoms with Crippen molar-refractivity contribution >= 4 is 27.3 Å². The van der Waals surface area contributed by atoms with Crippen molar-refractivity contribution < 1.29 is 35.1 Å². The first kappa shape index (κ1) is 21.7. The van der Waals surface area contributed by atoms with E-state index in [4.69, 9.17) is 11.6 Å². The third kappa shape index (κ3) is 4.61. The Hall–Kier alpha value is -2.01. The molecule has 0 bridgehead atoms. The van der Waals surface area contributed by atoms with Crippen LogP contribution in [0.2, 0.25) is 5.02 Å². The van der Waals surface area contributed by atoms with Gasteiger partial charge in [-0.3, -0.25) is 4.72 Å². The van der Waals surface area contributed by atoms with E-state index in [1.807, 2.05) is 4.72 Å². The van der Waals surface area contributed by atoms with Crippen molar-refractivity contribution in [1.29, 1.82) is 0 Å². The smallest absolute Gasteiger partial charge is 0.387 e. The van der Waals surface area contributed by atoms with Crippen LogP contribution in [0.15, 0.2) is 23.2 Å². The lowest BCUT2D eigenvalue weighted by molar-refractivity contribution is -0.0500. The lowest BCUT2D eigenvalue weighted by atomic mass is 9.84. The summed E-state index contributed by atoms with van der Waals surface area (Å²) in [6.07, 6.45) is 1.33. The fourth-order valence-corrected chi connectivity index (χ4v) is 4.79. The number of hydrogen-bond donors (Lipinski definition) is 2. The second-order valence-electron chi connectivity index (χ2n) is 6.75. The molecule has 0 aliphatic heterocycles. The molecule has 0 fully saturated rings. The SMILES string of the molecule is CC(F)(F)C1CCc2c(S(=O)(=O)Nc3cc(Cl)c(OC(F)F)cc3F)c[nH]c2C1. The van der Waals surface area contributed by atoms with Crippen LogP contribution in [0.3, 0.4) is 0 Å². The van der Waals surface area contributed by atoms with Crippen LogP contribution in [0.4, 0.5) is 27.6 Å². The molecule has 0 radical (unpaired) electrons. The first-order valence-electron chi connectivity index (χ1n) is 8.42. The van der Waals surface area contributed by atoms with Crippen LogP contribution in [0, 0.1) is 11.7 Å². The number of aromatic amines is 1. The highest BCUT2D eigenvalue weighted by Gasteiger charge is 2.38. The van der Waals surface area contributed by atoms with Crippen molar-refractivity contribution in [1.82, 2.24) is 4.98 Å². The zero-order valence-corrected chi connectivity index (χ0v) is 16.5. The van der Waals surface area contributed by atoms with E-state index in [-0.39, 0.29) is 24.2 Å². The molecule has 1 aromatic heterocycles. The Morgan fingerprint density at radius 3 is 2.66 bits per heavy atom. The van der Waals surface area contributed by atoms with E-state index >= 15 is 0 Å². The van der Waals surface area contributed by atoms with Crippen molar-refractivity contribution in [3.05, 3.63) is 40.4 Å². The molecule has 1 unspecified atom stereocenters. The van der Waals surface area contributed by atoms with E-state index in [1.165, 1.54) is 0 Å². The predicted octanol–water partition coefficient (Wildman–Crippen LogP) is 4.97. The average Bonchev–Trinajstić information content (AvgIpc) is 3.02. The number of hydrogen-bond acceptors (Lipinski definition) is 3. The molecule has 5 nitrogen and oxygen atoms in total. The second-order valence-corrected chi connectivity index (χ2v) is 8.81. The number of sulfonamides is 1. The molecular weight excluding hydrogens is 443 g/mol. The molecule has 2 aromatic rings. The zero-order valence-electron chi connectivity index (χ0n) is 14.9. The van der Waals surface area contributed by atoms with Gasteiger partial charge >= 0.3 is 6.61 Å². The maximum Gasteiger partial charge on any atom is 0.387 e. The largest absolute Gasteiger partial charge is 0.433 e. The van der Waals surface area contributed by atoms with Crippen molar-refractivity contribution in [3.63, 3.8) is 0 Å². The molecule has 1 aliphatic carbocycles. The van der Waals surface area contributed by atoms with E-state index in [0.717, 1.165) is 19.2 Å². The van der Waals surface area contributed by atoms with Gasteiger partial charge in [-0.1, -0.05) is 11.6 Å². The van der Waals surface area contributed by atoms with Crippen molar-refractivity contribution in [2.75, 3.05) is 4.72 Å². The van der Waals surface area contributed by atoms with Gasteiger partial charge in [0.2, 0.25) is 5.92 Å². The Balaban J connectivity index is 1.87. The van der Waals surface area contributed by atoms with Gasteiger partial charge in [0, 0.05) is 23.9 Å². The average molecular weight is 459 g/mol. The van der Waals surface area contributed by atoms with Crippen LogP contribution in [-0.2, 0) is 22.9 Å². The van der Waals surface area contributed by atoms with Gasteiger partial charge in [0.05, 0.1) is 10.7 Å². The first-order valence-corrected chi connectivity index (χ1v) is 10.3. The lowest BCUT2D eigenvalue weighted by Gasteiger charge is -2.27. The first-order chi connectivity index (χ1) is 13.4. The summed E-state index contributed by atoms with van der Waals surface area (Å²) in [5.41, 5.74) is 0.157. The van der Waals surface area contributed by atoms with Gasteiger partial charge in [-0.15, -0.1) is 0 Å². The van der Waals surface area contributed by atoms with Crippen LogP contribution in [0.25, 0.3) is 0 Å². The quantitative estimate of drug-likeness (QED) is 0.600.